The maximum atomic E-state index is 15.0. The van der Waals surface area contributed by atoms with Gasteiger partial charge in [0, 0.05) is 28.5 Å². The van der Waals surface area contributed by atoms with Crippen LogP contribution in [0.5, 0.6) is 0 Å². The number of carbonyl (C=O) groups excluding carboxylic acids is 2. The average Bonchev–Trinajstić information content (AvgIpc) is 2.83. The first-order chi connectivity index (χ1) is 18.2. The minimum Gasteiger partial charge on any atom is -0.347 e. The molecule has 2 aromatic carbocycles. The molecule has 0 fully saturated rings. The summed E-state index contributed by atoms with van der Waals surface area (Å²) in [6.07, 6.45) is -15.5. The van der Waals surface area contributed by atoms with Crippen LogP contribution in [0.25, 0.3) is 5.83 Å². The van der Waals surface area contributed by atoms with Gasteiger partial charge in [-0.3, -0.25) is 9.59 Å². The zero-order chi connectivity index (χ0) is 30.6. The second-order valence-electron chi connectivity index (χ2n) is 8.86. The Hall–Kier alpha value is -3.09. The fourth-order valence-corrected chi connectivity index (χ4v) is 4.00. The van der Waals surface area contributed by atoms with E-state index in [1.807, 2.05) is 0 Å². The van der Waals surface area contributed by atoms with E-state index in [0.29, 0.717) is 24.1 Å². The third-order valence-electron chi connectivity index (χ3n) is 5.79. The van der Waals surface area contributed by atoms with Gasteiger partial charge in [0.15, 0.2) is 5.78 Å². The van der Waals surface area contributed by atoms with Crippen LogP contribution < -0.4 is 5.32 Å². The lowest BCUT2D eigenvalue weighted by molar-refractivity contribution is -0.140. The van der Waals surface area contributed by atoms with Crippen LogP contribution >= 0.6 is 11.6 Å². The minimum absolute atomic E-state index is 0.00778. The molecule has 0 radical (unpaired) electrons. The molecule has 2 atom stereocenters. The third-order valence-corrected chi connectivity index (χ3v) is 6.14. The number of nitrogens with one attached hydrogen (secondary N) is 1. The number of aryl methyl sites for hydroxylation is 1. The van der Waals surface area contributed by atoms with E-state index >= 15 is 0 Å². The van der Waals surface area contributed by atoms with Gasteiger partial charge in [-0.25, -0.2) is 4.39 Å². The predicted molar refractivity (Wildman–Crippen MR) is 127 cm³/mol. The highest BCUT2D eigenvalue weighted by atomic mass is 35.5. The molecule has 0 spiro atoms. The number of halogens is 11. The topological polar surface area (TPSA) is 46.2 Å². The Balaban J connectivity index is 2.43. The van der Waals surface area contributed by atoms with Crippen molar-refractivity contribution < 1.29 is 53.5 Å². The smallest absolute Gasteiger partial charge is 0.347 e. The van der Waals surface area contributed by atoms with Gasteiger partial charge in [-0.15, -0.1) is 0 Å². The molecular weight excluding hydrogens is 584 g/mol. The van der Waals surface area contributed by atoms with Gasteiger partial charge < -0.3 is 5.32 Å². The molecule has 220 valence electrons. The first-order valence-electron chi connectivity index (χ1n) is 11.6. The van der Waals surface area contributed by atoms with E-state index in [1.165, 1.54) is 11.4 Å². The number of allylic oxidation sites excluding steroid dienone is 1. The van der Waals surface area contributed by atoms with Crippen molar-refractivity contribution in [2.75, 3.05) is 6.54 Å². The fourth-order valence-electron chi connectivity index (χ4n) is 3.68. The van der Waals surface area contributed by atoms with Crippen molar-refractivity contribution in [3.05, 3.63) is 75.3 Å². The van der Waals surface area contributed by atoms with E-state index < -0.39 is 83.1 Å². The number of hydrogen-bond donors (Lipinski definition) is 1. The van der Waals surface area contributed by atoms with Crippen LogP contribution in [-0.4, -0.2) is 30.6 Å². The Morgan fingerprint density at radius 3 is 2.10 bits per heavy atom. The largest absolute Gasteiger partial charge is 0.417 e. The SMILES string of the molecule is CCc1ccc(C(/C=C(\F)c2ccc(C(=O)C[C@H](C)C(=O)NCC(F)(F)F)c(C(F)(F)F)c2)C(F)(F)F)cc1Cl. The lowest BCUT2D eigenvalue weighted by atomic mass is 9.92. The number of hydrogen-bond acceptors (Lipinski definition) is 2. The molecule has 0 saturated heterocycles. The van der Waals surface area contributed by atoms with Gasteiger partial charge in [0.1, 0.15) is 18.3 Å². The quantitative estimate of drug-likeness (QED) is 0.230. The van der Waals surface area contributed by atoms with Crippen LogP contribution in [0.3, 0.4) is 0 Å². The summed E-state index contributed by atoms with van der Waals surface area (Å²) in [5.74, 6) is -8.22. The first kappa shape index (κ1) is 33.1. The van der Waals surface area contributed by atoms with Gasteiger partial charge >= 0.3 is 18.5 Å². The van der Waals surface area contributed by atoms with Crippen molar-refractivity contribution in [2.24, 2.45) is 5.92 Å². The summed E-state index contributed by atoms with van der Waals surface area (Å²) < 4.78 is 134. The second kappa shape index (κ2) is 12.6. The summed E-state index contributed by atoms with van der Waals surface area (Å²) in [6.45, 7) is 1.01. The molecule has 2 aromatic rings. The highest BCUT2D eigenvalue weighted by Crippen LogP contribution is 2.41. The zero-order valence-electron chi connectivity index (χ0n) is 20.8. The molecule has 1 amide bonds. The molecule has 1 unspecified atom stereocenters. The van der Waals surface area contributed by atoms with E-state index in [-0.39, 0.29) is 17.2 Å². The Morgan fingerprint density at radius 2 is 1.60 bits per heavy atom. The number of Topliss-reactive ketones (excluding diaryl/α,β-unsaturated/α-hetero) is 1. The Kier molecular flexibility index (Phi) is 10.4. The highest BCUT2D eigenvalue weighted by molar-refractivity contribution is 6.31. The van der Waals surface area contributed by atoms with Crippen molar-refractivity contribution >= 4 is 29.1 Å². The Morgan fingerprint density at radius 1 is 0.975 bits per heavy atom. The molecule has 0 aromatic heterocycles. The summed E-state index contributed by atoms with van der Waals surface area (Å²) >= 11 is 5.97. The molecule has 40 heavy (non-hydrogen) atoms. The Bertz CT molecular complexity index is 1270. The van der Waals surface area contributed by atoms with Gasteiger partial charge in [-0.1, -0.05) is 49.7 Å². The first-order valence-corrected chi connectivity index (χ1v) is 11.9. The Labute approximate surface area is 227 Å². The van der Waals surface area contributed by atoms with Crippen LogP contribution in [0.2, 0.25) is 5.02 Å². The predicted octanol–water partition coefficient (Wildman–Crippen LogP) is 8.47. The summed E-state index contributed by atoms with van der Waals surface area (Å²) in [4.78, 5) is 24.3. The van der Waals surface area contributed by atoms with Gasteiger partial charge in [-0.05, 0) is 35.8 Å². The van der Waals surface area contributed by atoms with Crippen LogP contribution in [0, 0.1) is 5.92 Å². The van der Waals surface area contributed by atoms with Gasteiger partial charge in [-0.2, -0.15) is 39.5 Å². The van der Waals surface area contributed by atoms with E-state index in [2.05, 4.69) is 0 Å². The molecule has 1 N–H and O–H groups in total. The van der Waals surface area contributed by atoms with Gasteiger partial charge in [0.25, 0.3) is 0 Å². The molecule has 0 aliphatic rings. The van der Waals surface area contributed by atoms with Gasteiger partial charge in [0.2, 0.25) is 5.91 Å². The van der Waals surface area contributed by atoms with Gasteiger partial charge in [0.05, 0.1) is 5.56 Å². The lowest BCUT2D eigenvalue weighted by Gasteiger charge is -2.19. The van der Waals surface area contributed by atoms with Crippen LogP contribution in [0.1, 0.15) is 58.8 Å². The summed E-state index contributed by atoms with van der Waals surface area (Å²) in [6, 6.07) is 4.70. The number of ketones is 1. The van der Waals surface area contributed by atoms with E-state index in [1.54, 1.807) is 6.92 Å². The standard InChI is InChI=1S/C26H22ClF10NO2/c1-3-14-4-5-15(10-20(14)27)18(25(32,33)34)11-21(28)16-6-7-17(19(9-16)26(35,36)37)22(39)8-13(2)23(40)38-12-24(29,30)31/h4-7,9-11,13,18H,3,8,12H2,1-2H3,(H,38,40)/b21-11-/t13-,18?/m0/s1. The molecule has 0 saturated carbocycles. The van der Waals surface area contributed by atoms with Crippen molar-refractivity contribution in [2.45, 2.75) is 51.1 Å². The molecule has 14 heteroatoms. The number of carbonyl (C=O) groups is 2. The lowest BCUT2D eigenvalue weighted by Crippen LogP contribution is -2.37. The number of alkyl halides is 9. The van der Waals surface area contributed by atoms with Crippen molar-refractivity contribution in [3.8, 4) is 0 Å². The zero-order valence-corrected chi connectivity index (χ0v) is 21.5. The molecular formula is C26H22ClF10NO2. The molecule has 0 aliphatic heterocycles. The molecule has 0 bridgehead atoms. The summed E-state index contributed by atoms with van der Waals surface area (Å²) in [7, 11) is 0. The van der Waals surface area contributed by atoms with E-state index in [9.17, 15) is 53.5 Å². The van der Waals surface area contributed by atoms with Crippen molar-refractivity contribution in [1.82, 2.24) is 5.32 Å². The van der Waals surface area contributed by atoms with E-state index in [4.69, 9.17) is 11.6 Å². The second-order valence-corrected chi connectivity index (χ2v) is 9.26. The molecule has 3 nitrogen and oxygen atoms in total. The molecule has 2 rings (SSSR count). The van der Waals surface area contributed by atoms with Crippen LogP contribution in [-0.2, 0) is 17.4 Å². The van der Waals surface area contributed by atoms with E-state index in [0.717, 1.165) is 19.1 Å². The maximum absolute atomic E-state index is 15.0. The number of benzene rings is 2. The third kappa shape index (κ3) is 8.97. The minimum atomic E-state index is -5.27. The normalized spacial score (nSPS) is 14.6. The summed E-state index contributed by atoms with van der Waals surface area (Å²) in [5, 5.41) is 1.50. The number of rotatable bonds is 9. The van der Waals surface area contributed by atoms with Crippen LogP contribution in [0.4, 0.5) is 43.9 Å². The molecule has 0 aliphatic carbocycles. The van der Waals surface area contributed by atoms with Crippen molar-refractivity contribution in [3.63, 3.8) is 0 Å². The molecule has 0 heterocycles. The summed E-state index contributed by atoms with van der Waals surface area (Å²) in [5.41, 5.74) is -3.57. The monoisotopic (exact) mass is 605 g/mol. The van der Waals surface area contributed by atoms with Crippen molar-refractivity contribution in [1.29, 1.82) is 0 Å². The highest BCUT2D eigenvalue weighted by Gasteiger charge is 2.41. The number of amides is 1. The fraction of sp³-hybridized carbons (Fsp3) is 0.385. The maximum Gasteiger partial charge on any atom is 0.417 e. The van der Waals surface area contributed by atoms with Crippen LogP contribution in [0.15, 0.2) is 42.5 Å². The average molecular weight is 606 g/mol.